The van der Waals surface area contributed by atoms with Gasteiger partial charge in [-0.15, -0.1) is 11.6 Å². The van der Waals surface area contributed by atoms with Crippen LogP contribution < -0.4 is 0 Å². The van der Waals surface area contributed by atoms with Crippen LogP contribution >= 0.6 is 11.6 Å². The average molecular weight is 249 g/mol. The number of benzene rings is 1. The van der Waals surface area contributed by atoms with E-state index in [2.05, 4.69) is 11.8 Å². The predicted molar refractivity (Wildman–Crippen MR) is 67.2 cm³/mol. The Morgan fingerprint density at radius 2 is 2.00 bits per heavy atom. The Labute approximate surface area is 106 Å². The lowest BCUT2D eigenvalue weighted by Crippen LogP contribution is -2.19. The van der Waals surface area contributed by atoms with Crippen LogP contribution in [0.25, 0.3) is 0 Å². The summed E-state index contributed by atoms with van der Waals surface area (Å²) >= 11 is 5.53. The maximum Gasteiger partial charge on any atom is 0.314 e. The molecule has 0 bridgehead atoms. The van der Waals surface area contributed by atoms with E-state index in [1.54, 1.807) is 0 Å². The molecule has 0 radical (unpaired) electrons. The smallest absolute Gasteiger partial charge is 0.314 e. The molecule has 1 aromatic carbocycles. The number of hydrogen-bond acceptors (Lipinski definition) is 1. The third-order valence-corrected chi connectivity index (χ3v) is 3.24. The van der Waals surface area contributed by atoms with Crippen LogP contribution in [0, 0.1) is 11.8 Å². The number of hydrogen-bond donors (Lipinski definition) is 1. The Balaban J connectivity index is 2.15. The molecule has 17 heavy (non-hydrogen) atoms. The fraction of sp³-hybridized carbons (Fsp3) is 0.357. The van der Waals surface area contributed by atoms with E-state index in [4.69, 9.17) is 16.7 Å². The molecule has 0 aromatic heterocycles. The molecule has 0 unspecified atom stereocenters. The quantitative estimate of drug-likeness (QED) is 0.660. The minimum Gasteiger partial charge on any atom is -0.481 e. The summed E-state index contributed by atoms with van der Waals surface area (Å²) in [6.07, 6.45) is 2.14. The lowest BCUT2D eigenvalue weighted by Gasteiger charge is -2.09. The first-order valence-electron chi connectivity index (χ1n) is 5.58. The van der Waals surface area contributed by atoms with Crippen LogP contribution in [0.2, 0.25) is 0 Å². The SMILES string of the molecule is O=C(O)C1(c2ccc(C#CCCCl)cc2)CC1. The second-order valence-corrected chi connectivity index (χ2v) is 4.58. The zero-order valence-corrected chi connectivity index (χ0v) is 10.1. The molecule has 0 aliphatic heterocycles. The molecule has 1 N–H and O–H groups in total. The standard InChI is InChI=1S/C14H13ClO2/c15-10-2-1-3-11-4-6-12(7-5-11)14(8-9-14)13(16)17/h4-7H,2,8-10H2,(H,16,17). The van der Waals surface area contributed by atoms with Gasteiger partial charge in [0.2, 0.25) is 0 Å². The van der Waals surface area contributed by atoms with E-state index in [-0.39, 0.29) is 0 Å². The van der Waals surface area contributed by atoms with Gasteiger partial charge in [-0.05, 0) is 30.5 Å². The van der Waals surface area contributed by atoms with Gasteiger partial charge in [0.15, 0.2) is 0 Å². The molecule has 1 aromatic rings. The Morgan fingerprint density at radius 3 is 2.47 bits per heavy atom. The number of alkyl halides is 1. The molecule has 1 aliphatic carbocycles. The monoisotopic (exact) mass is 248 g/mol. The van der Waals surface area contributed by atoms with Gasteiger partial charge in [0, 0.05) is 17.9 Å². The van der Waals surface area contributed by atoms with Gasteiger partial charge in [0.1, 0.15) is 0 Å². The molecule has 0 saturated heterocycles. The molecular formula is C14H13ClO2. The number of carboxylic acids is 1. The Bertz CT molecular complexity index is 475. The van der Waals surface area contributed by atoms with E-state index in [1.165, 1.54) is 0 Å². The zero-order chi connectivity index (χ0) is 12.3. The first kappa shape index (κ1) is 12.0. The largest absolute Gasteiger partial charge is 0.481 e. The minimum absolute atomic E-state index is 0.535. The number of halogens is 1. The van der Waals surface area contributed by atoms with Gasteiger partial charge in [0.05, 0.1) is 5.41 Å². The van der Waals surface area contributed by atoms with Gasteiger partial charge >= 0.3 is 5.97 Å². The maximum absolute atomic E-state index is 11.1. The number of carboxylic acid groups (broad SMARTS) is 1. The van der Waals surface area contributed by atoms with Crippen molar-refractivity contribution >= 4 is 17.6 Å². The van der Waals surface area contributed by atoms with Crippen LogP contribution in [-0.4, -0.2) is 17.0 Å². The van der Waals surface area contributed by atoms with Crippen LogP contribution in [0.1, 0.15) is 30.4 Å². The molecule has 0 amide bonds. The molecule has 1 fully saturated rings. The van der Waals surface area contributed by atoms with Crippen molar-refractivity contribution in [2.24, 2.45) is 0 Å². The fourth-order valence-electron chi connectivity index (χ4n) is 1.84. The van der Waals surface area contributed by atoms with Crippen LogP contribution in [0.3, 0.4) is 0 Å². The van der Waals surface area contributed by atoms with Crippen LogP contribution in [0.5, 0.6) is 0 Å². The lowest BCUT2D eigenvalue weighted by atomic mass is 9.95. The third kappa shape index (κ3) is 2.45. The summed E-state index contributed by atoms with van der Waals surface area (Å²) in [5.74, 6) is 5.75. The van der Waals surface area contributed by atoms with E-state index >= 15 is 0 Å². The highest BCUT2D eigenvalue weighted by atomic mass is 35.5. The van der Waals surface area contributed by atoms with Gasteiger partial charge in [-0.25, -0.2) is 0 Å². The van der Waals surface area contributed by atoms with Crippen molar-refractivity contribution in [3.8, 4) is 11.8 Å². The summed E-state index contributed by atoms with van der Waals surface area (Å²) in [5, 5.41) is 9.16. The molecule has 3 heteroatoms. The molecule has 2 nitrogen and oxygen atoms in total. The summed E-state index contributed by atoms with van der Waals surface area (Å²) in [6, 6.07) is 7.48. The third-order valence-electron chi connectivity index (χ3n) is 3.05. The van der Waals surface area contributed by atoms with Gasteiger partial charge in [-0.1, -0.05) is 24.0 Å². The van der Waals surface area contributed by atoms with Gasteiger partial charge in [-0.2, -0.15) is 0 Å². The summed E-state index contributed by atoms with van der Waals surface area (Å²) in [5.41, 5.74) is 1.16. The summed E-state index contributed by atoms with van der Waals surface area (Å²) in [6.45, 7) is 0. The maximum atomic E-state index is 11.1. The second kappa shape index (κ2) is 4.81. The van der Waals surface area contributed by atoms with Crippen molar-refractivity contribution < 1.29 is 9.90 Å². The number of rotatable bonds is 3. The molecule has 1 aliphatic rings. The van der Waals surface area contributed by atoms with E-state index in [0.29, 0.717) is 12.3 Å². The first-order valence-corrected chi connectivity index (χ1v) is 6.11. The second-order valence-electron chi connectivity index (χ2n) is 4.21. The molecule has 88 valence electrons. The van der Waals surface area contributed by atoms with Crippen LogP contribution in [0.15, 0.2) is 24.3 Å². The summed E-state index contributed by atoms with van der Waals surface area (Å²) in [4.78, 5) is 11.1. The van der Waals surface area contributed by atoms with E-state index < -0.39 is 11.4 Å². The van der Waals surface area contributed by atoms with E-state index in [1.807, 2.05) is 24.3 Å². The molecular weight excluding hydrogens is 236 g/mol. The highest BCUT2D eigenvalue weighted by Gasteiger charge is 2.51. The van der Waals surface area contributed by atoms with Crippen molar-refractivity contribution in [1.82, 2.24) is 0 Å². The Kier molecular flexibility index (Phi) is 3.40. The highest BCUT2D eigenvalue weighted by molar-refractivity contribution is 6.18. The molecule has 0 heterocycles. The van der Waals surface area contributed by atoms with Gasteiger partial charge in [0.25, 0.3) is 0 Å². The Morgan fingerprint density at radius 1 is 1.35 bits per heavy atom. The van der Waals surface area contributed by atoms with Gasteiger partial charge in [-0.3, -0.25) is 4.79 Å². The normalized spacial score (nSPS) is 15.8. The van der Waals surface area contributed by atoms with Crippen LogP contribution in [0.4, 0.5) is 0 Å². The average Bonchev–Trinajstić information content (AvgIpc) is 3.11. The summed E-state index contributed by atoms with van der Waals surface area (Å²) < 4.78 is 0. The number of carbonyl (C=O) groups is 1. The minimum atomic E-state index is -0.724. The fourth-order valence-corrected chi connectivity index (χ4v) is 1.93. The predicted octanol–water partition coefficient (Wildman–Crippen LogP) is 2.78. The Hall–Kier alpha value is -1.46. The van der Waals surface area contributed by atoms with E-state index in [9.17, 15) is 4.79 Å². The number of aliphatic carboxylic acids is 1. The van der Waals surface area contributed by atoms with Crippen molar-refractivity contribution in [1.29, 1.82) is 0 Å². The highest BCUT2D eigenvalue weighted by Crippen LogP contribution is 2.48. The van der Waals surface area contributed by atoms with E-state index in [0.717, 1.165) is 24.0 Å². The lowest BCUT2D eigenvalue weighted by molar-refractivity contribution is -0.140. The molecule has 0 spiro atoms. The van der Waals surface area contributed by atoms with Crippen molar-refractivity contribution in [2.75, 3.05) is 5.88 Å². The van der Waals surface area contributed by atoms with Crippen molar-refractivity contribution in [2.45, 2.75) is 24.7 Å². The molecule has 1 saturated carbocycles. The topological polar surface area (TPSA) is 37.3 Å². The van der Waals surface area contributed by atoms with Crippen molar-refractivity contribution in [3.05, 3.63) is 35.4 Å². The van der Waals surface area contributed by atoms with Crippen LogP contribution in [-0.2, 0) is 10.2 Å². The first-order chi connectivity index (χ1) is 8.19. The molecule has 0 atom stereocenters. The zero-order valence-electron chi connectivity index (χ0n) is 9.37. The summed E-state index contributed by atoms with van der Waals surface area (Å²) in [7, 11) is 0. The van der Waals surface area contributed by atoms with Gasteiger partial charge < -0.3 is 5.11 Å². The van der Waals surface area contributed by atoms with Crippen molar-refractivity contribution in [3.63, 3.8) is 0 Å². The molecule has 2 rings (SSSR count).